The van der Waals surface area contributed by atoms with Gasteiger partial charge in [0.25, 0.3) is 10.0 Å². The molecule has 0 radical (unpaired) electrons. The maximum atomic E-state index is 12.1. The van der Waals surface area contributed by atoms with Crippen molar-refractivity contribution in [3.05, 3.63) is 65.7 Å². The highest BCUT2D eigenvalue weighted by molar-refractivity contribution is 7.94. The van der Waals surface area contributed by atoms with Crippen molar-refractivity contribution >= 4 is 38.6 Å². The Morgan fingerprint density at radius 1 is 1.08 bits per heavy atom. The lowest BCUT2D eigenvalue weighted by molar-refractivity contribution is 0.603. The molecule has 8 heteroatoms. The Balaban J connectivity index is 1.73. The standard InChI is InChI=1S/C16H12N4O2S2/c17-10-12-3-1-4-13(9-12)19-14-6-7-15(18-11-14)20-24(21,22)16-5-2-8-23-16/h1-9,11,19H,(H,18,20). The number of anilines is 3. The molecule has 2 N–H and O–H groups in total. The number of thiophene rings is 1. The minimum absolute atomic E-state index is 0.236. The first kappa shape index (κ1) is 16.0. The summed E-state index contributed by atoms with van der Waals surface area (Å²) in [4.78, 5) is 4.10. The predicted molar refractivity (Wildman–Crippen MR) is 93.8 cm³/mol. The van der Waals surface area contributed by atoms with E-state index in [4.69, 9.17) is 5.26 Å². The summed E-state index contributed by atoms with van der Waals surface area (Å²) in [6.07, 6.45) is 1.52. The molecule has 2 heterocycles. The fourth-order valence-corrected chi connectivity index (χ4v) is 3.97. The summed E-state index contributed by atoms with van der Waals surface area (Å²) < 4.78 is 26.9. The highest BCUT2D eigenvalue weighted by atomic mass is 32.2. The normalized spacial score (nSPS) is 10.8. The van der Waals surface area contributed by atoms with E-state index in [1.807, 2.05) is 6.07 Å². The van der Waals surface area contributed by atoms with Crippen LogP contribution in [-0.4, -0.2) is 13.4 Å². The number of hydrogen-bond acceptors (Lipinski definition) is 6. The van der Waals surface area contributed by atoms with Crippen LogP contribution in [0.25, 0.3) is 0 Å². The van der Waals surface area contributed by atoms with Crippen LogP contribution in [0.15, 0.2) is 64.3 Å². The highest BCUT2D eigenvalue weighted by Crippen LogP contribution is 2.21. The van der Waals surface area contributed by atoms with E-state index in [9.17, 15) is 8.42 Å². The van der Waals surface area contributed by atoms with E-state index in [2.05, 4.69) is 21.1 Å². The van der Waals surface area contributed by atoms with Crippen LogP contribution in [-0.2, 0) is 10.0 Å². The lowest BCUT2D eigenvalue weighted by atomic mass is 10.2. The zero-order valence-electron chi connectivity index (χ0n) is 12.3. The van der Waals surface area contributed by atoms with Crippen molar-refractivity contribution in [2.45, 2.75) is 4.21 Å². The second kappa shape index (κ2) is 6.70. The molecule has 0 aliphatic heterocycles. The molecule has 1 aromatic carbocycles. The Hall–Kier alpha value is -2.89. The smallest absolute Gasteiger partial charge is 0.272 e. The number of nitrogens with zero attached hydrogens (tertiary/aromatic N) is 2. The number of rotatable bonds is 5. The number of nitriles is 1. The zero-order chi connectivity index (χ0) is 17.0. The van der Waals surface area contributed by atoms with E-state index >= 15 is 0 Å². The SMILES string of the molecule is N#Cc1cccc(Nc2ccc(NS(=O)(=O)c3cccs3)nc2)c1. The fourth-order valence-electron chi connectivity index (χ4n) is 1.97. The minimum Gasteiger partial charge on any atom is -0.354 e. The molecule has 24 heavy (non-hydrogen) atoms. The number of nitrogens with one attached hydrogen (secondary N) is 2. The van der Waals surface area contributed by atoms with Crippen molar-refractivity contribution in [3.8, 4) is 6.07 Å². The monoisotopic (exact) mass is 356 g/mol. The molecule has 0 bridgehead atoms. The van der Waals surface area contributed by atoms with Crippen molar-refractivity contribution in [1.82, 2.24) is 4.98 Å². The molecule has 0 saturated carbocycles. The van der Waals surface area contributed by atoms with E-state index in [0.29, 0.717) is 11.3 Å². The van der Waals surface area contributed by atoms with E-state index in [-0.39, 0.29) is 10.0 Å². The molecular formula is C16H12N4O2S2. The molecule has 2 aromatic heterocycles. The van der Waals surface area contributed by atoms with Gasteiger partial charge in [0.15, 0.2) is 0 Å². The van der Waals surface area contributed by atoms with Gasteiger partial charge in [0.1, 0.15) is 10.0 Å². The second-order valence-electron chi connectivity index (χ2n) is 4.79. The van der Waals surface area contributed by atoms with Crippen LogP contribution < -0.4 is 10.0 Å². The van der Waals surface area contributed by atoms with Crippen molar-refractivity contribution in [2.75, 3.05) is 10.0 Å². The third-order valence-corrected chi connectivity index (χ3v) is 5.79. The van der Waals surface area contributed by atoms with Crippen LogP contribution in [0.3, 0.4) is 0 Å². The van der Waals surface area contributed by atoms with Gasteiger partial charge in [-0.25, -0.2) is 13.4 Å². The summed E-state index contributed by atoms with van der Waals surface area (Å²) in [6.45, 7) is 0. The Morgan fingerprint density at radius 2 is 1.96 bits per heavy atom. The van der Waals surface area contributed by atoms with Crippen LogP contribution in [0.5, 0.6) is 0 Å². The molecule has 0 aliphatic rings. The molecule has 0 fully saturated rings. The maximum Gasteiger partial charge on any atom is 0.272 e. The molecule has 6 nitrogen and oxygen atoms in total. The van der Waals surface area contributed by atoms with Crippen molar-refractivity contribution < 1.29 is 8.42 Å². The molecule has 0 unspecified atom stereocenters. The maximum absolute atomic E-state index is 12.1. The molecule has 0 atom stereocenters. The van der Waals surface area contributed by atoms with Gasteiger partial charge in [-0.1, -0.05) is 12.1 Å². The van der Waals surface area contributed by atoms with Gasteiger partial charge in [-0.3, -0.25) is 4.72 Å². The Kier molecular flexibility index (Phi) is 4.46. The largest absolute Gasteiger partial charge is 0.354 e. The molecule has 3 aromatic rings. The first-order valence-electron chi connectivity index (χ1n) is 6.86. The van der Waals surface area contributed by atoms with Crippen LogP contribution in [0, 0.1) is 11.3 Å². The summed E-state index contributed by atoms with van der Waals surface area (Å²) in [5, 5.41) is 13.7. The number of benzene rings is 1. The van der Waals surface area contributed by atoms with Crippen molar-refractivity contribution in [1.29, 1.82) is 5.26 Å². The molecular weight excluding hydrogens is 344 g/mol. The average Bonchev–Trinajstić information content (AvgIpc) is 3.12. The molecule has 0 amide bonds. The van der Waals surface area contributed by atoms with Crippen LogP contribution in [0.1, 0.15) is 5.56 Å². The molecule has 0 aliphatic carbocycles. The summed E-state index contributed by atoms with van der Waals surface area (Å²) >= 11 is 1.14. The number of aromatic nitrogens is 1. The predicted octanol–water partition coefficient (Wildman–Crippen LogP) is 3.56. The molecule has 120 valence electrons. The average molecular weight is 356 g/mol. The zero-order valence-corrected chi connectivity index (χ0v) is 13.9. The number of sulfonamides is 1. The van der Waals surface area contributed by atoms with Gasteiger partial charge in [0, 0.05) is 5.69 Å². The van der Waals surface area contributed by atoms with E-state index in [1.165, 1.54) is 12.3 Å². The third kappa shape index (κ3) is 3.71. The Morgan fingerprint density at radius 3 is 2.62 bits per heavy atom. The summed E-state index contributed by atoms with van der Waals surface area (Å²) in [5.41, 5.74) is 1.99. The summed E-state index contributed by atoms with van der Waals surface area (Å²) in [7, 11) is -3.60. The second-order valence-corrected chi connectivity index (χ2v) is 7.64. The lowest BCUT2D eigenvalue weighted by Gasteiger charge is -2.08. The van der Waals surface area contributed by atoms with Crippen LogP contribution >= 0.6 is 11.3 Å². The van der Waals surface area contributed by atoms with Gasteiger partial charge < -0.3 is 5.32 Å². The first-order chi connectivity index (χ1) is 11.6. The summed E-state index contributed by atoms with van der Waals surface area (Å²) in [6, 6.07) is 15.6. The number of hydrogen-bond donors (Lipinski definition) is 2. The third-order valence-electron chi connectivity index (χ3n) is 3.04. The highest BCUT2D eigenvalue weighted by Gasteiger charge is 2.15. The van der Waals surface area contributed by atoms with Crippen LogP contribution in [0.2, 0.25) is 0 Å². The fraction of sp³-hybridized carbons (Fsp3) is 0. The van der Waals surface area contributed by atoms with Crippen molar-refractivity contribution in [2.24, 2.45) is 0 Å². The van der Waals surface area contributed by atoms with E-state index in [0.717, 1.165) is 17.0 Å². The topological polar surface area (TPSA) is 94.9 Å². The van der Waals surface area contributed by atoms with Gasteiger partial charge in [0.2, 0.25) is 0 Å². The summed E-state index contributed by atoms with van der Waals surface area (Å²) in [5.74, 6) is 0.236. The first-order valence-corrected chi connectivity index (χ1v) is 9.23. The van der Waals surface area contributed by atoms with E-state index in [1.54, 1.807) is 41.8 Å². The Bertz CT molecular complexity index is 976. The lowest BCUT2D eigenvalue weighted by Crippen LogP contribution is -2.12. The Labute approximate surface area is 143 Å². The van der Waals surface area contributed by atoms with E-state index < -0.39 is 10.0 Å². The van der Waals surface area contributed by atoms with Gasteiger partial charge in [0.05, 0.1) is 23.5 Å². The quantitative estimate of drug-likeness (QED) is 0.729. The van der Waals surface area contributed by atoms with Gasteiger partial charge in [-0.05, 0) is 41.8 Å². The van der Waals surface area contributed by atoms with Crippen molar-refractivity contribution in [3.63, 3.8) is 0 Å². The van der Waals surface area contributed by atoms with Gasteiger partial charge in [-0.2, -0.15) is 5.26 Å². The van der Waals surface area contributed by atoms with Gasteiger partial charge in [-0.15, -0.1) is 11.3 Å². The minimum atomic E-state index is -3.60. The molecule has 0 spiro atoms. The molecule has 0 saturated heterocycles. The molecule has 3 rings (SSSR count). The number of pyridine rings is 1. The van der Waals surface area contributed by atoms with Crippen LogP contribution in [0.4, 0.5) is 17.2 Å². The van der Waals surface area contributed by atoms with Gasteiger partial charge >= 0.3 is 0 Å².